The van der Waals surface area contributed by atoms with E-state index in [1.165, 1.54) is 0 Å². The highest BCUT2D eigenvalue weighted by molar-refractivity contribution is 5.53. The predicted molar refractivity (Wildman–Crippen MR) is 70.4 cm³/mol. The van der Waals surface area contributed by atoms with Crippen LogP contribution >= 0.6 is 0 Å². The molecule has 1 aromatic rings. The Hall–Kier alpha value is -1.26. The first-order valence-electron chi connectivity index (χ1n) is 6.12. The first-order chi connectivity index (χ1) is 8.56. The lowest BCUT2D eigenvalue weighted by Crippen LogP contribution is -2.57. The number of hydrogen-bond acceptors (Lipinski definition) is 4. The van der Waals surface area contributed by atoms with Gasteiger partial charge in [-0.2, -0.15) is 0 Å². The highest BCUT2D eigenvalue weighted by Crippen LogP contribution is 2.43. The van der Waals surface area contributed by atoms with Gasteiger partial charge in [0.15, 0.2) is 0 Å². The molecule has 4 nitrogen and oxygen atoms in total. The summed E-state index contributed by atoms with van der Waals surface area (Å²) in [5, 5.41) is 0. The van der Waals surface area contributed by atoms with E-state index in [-0.39, 0.29) is 11.5 Å². The van der Waals surface area contributed by atoms with Crippen molar-refractivity contribution in [2.24, 2.45) is 5.73 Å². The molecule has 0 aromatic heterocycles. The fourth-order valence-corrected chi connectivity index (χ4v) is 2.54. The molecule has 1 unspecified atom stereocenters. The molecule has 1 aliphatic heterocycles. The molecule has 1 aliphatic rings. The maximum absolute atomic E-state index is 6.14. The summed E-state index contributed by atoms with van der Waals surface area (Å²) in [6.45, 7) is 5.30. The molecule has 1 heterocycles. The van der Waals surface area contributed by atoms with Crippen LogP contribution in [-0.2, 0) is 10.2 Å². The lowest BCUT2D eigenvalue weighted by Gasteiger charge is -2.45. The highest BCUT2D eigenvalue weighted by atomic mass is 16.5. The summed E-state index contributed by atoms with van der Waals surface area (Å²) < 4.78 is 16.3. The van der Waals surface area contributed by atoms with Gasteiger partial charge in [0.1, 0.15) is 11.5 Å². The van der Waals surface area contributed by atoms with Crippen molar-refractivity contribution in [1.29, 1.82) is 0 Å². The molecule has 0 radical (unpaired) electrons. The molecule has 0 bridgehead atoms. The largest absolute Gasteiger partial charge is 0.496 e. The van der Waals surface area contributed by atoms with Gasteiger partial charge in [-0.05, 0) is 19.9 Å². The normalized spacial score (nSPS) is 18.9. The second kappa shape index (κ2) is 4.78. The van der Waals surface area contributed by atoms with Crippen LogP contribution < -0.4 is 15.2 Å². The number of ether oxygens (including phenoxy) is 3. The van der Waals surface area contributed by atoms with Gasteiger partial charge in [-0.1, -0.05) is 6.07 Å². The standard InChI is InChI=1S/C14H21NO3/c1-9-12(16-3)6-5-11(13(9)17-4)14(10(2)15)7-18-8-14/h5-6,10H,7-8,15H2,1-4H3. The molecule has 0 amide bonds. The van der Waals surface area contributed by atoms with Gasteiger partial charge in [0.05, 0.1) is 32.8 Å². The van der Waals surface area contributed by atoms with Crippen LogP contribution in [0.2, 0.25) is 0 Å². The van der Waals surface area contributed by atoms with Gasteiger partial charge < -0.3 is 19.9 Å². The SMILES string of the molecule is COc1ccc(C2(C(C)N)COC2)c(OC)c1C. The summed E-state index contributed by atoms with van der Waals surface area (Å²) >= 11 is 0. The Morgan fingerprint density at radius 3 is 2.33 bits per heavy atom. The molecule has 100 valence electrons. The Bertz CT molecular complexity index is 439. The zero-order chi connectivity index (χ0) is 13.3. The molecule has 0 spiro atoms. The maximum atomic E-state index is 6.14. The Labute approximate surface area is 108 Å². The molecule has 0 aliphatic carbocycles. The van der Waals surface area contributed by atoms with Crippen LogP contribution in [0.1, 0.15) is 18.1 Å². The van der Waals surface area contributed by atoms with E-state index in [1.54, 1.807) is 14.2 Å². The van der Waals surface area contributed by atoms with Crippen LogP contribution in [0.3, 0.4) is 0 Å². The molecule has 18 heavy (non-hydrogen) atoms. The minimum absolute atomic E-state index is 0.0212. The minimum Gasteiger partial charge on any atom is -0.496 e. The van der Waals surface area contributed by atoms with Crippen molar-refractivity contribution in [1.82, 2.24) is 0 Å². The van der Waals surface area contributed by atoms with Gasteiger partial charge in [0.25, 0.3) is 0 Å². The second-order valence-corrected chi connectivity index (χ2v) is 4.91. The molecular formula is C14H21NO3. The third kappa shape index (κ3) is 1.76. The number of methoxy groups -OCH3 is 2. The van der Waals surface area contributed by atoms with E-state index in [9.17, 15) is 0 Å². The Kier molecular flexibility index (Phi) is 3.50. The van der Waals surface area contributed by atoms with E-state index in [2.05, 4.69) is 0 Å². The summed E-state index contributed by atoms with van der Waals surface area (Å²) in [7, 11) is 3.34. The molecule has 4 heteroatoms. The van der Waals surface area contributed by atoms with Crippen LogP contribution in [0.4, 0.5) is 0 Å². The molecular weight excluding hydrogens is 230 g/mol. The number of rotatable bonds is 4. The van der Waals surface area contributed by atoms with E-state index in [1.807, 2.05) is 26.0 Å². The molecule has 2 N–H and O–H groups in total. The van der Waals surface area contributed by atoms with Crippen molar-refractivity contribution in [2.45, 2.75) is 25.3 Å². The lowest BCUT2D eigenvalue weighted by atomic mass is 9.72. The van der Waals surface area contributed by atoms with Gasteiger partial charge in [-0.15, -0.1) is 0 Å². The first-order valence-corrected chi connectivity index (χ1v) is 6.12. The van der Waals surface area contributed by atoms with E-state index in [0.717, 1.165) is 22.6 Å². The van der Waals surface area contributed by atoms with Crippen molar-refractivity contribution < 1.29 is 14.2 Å². The van der Waals surface area contributed by atoms with Crippen LogP contribution in [-0.4, -0.2) is 33.5 Å². The van der Waals surface area contributed by atoms with Crippen LogP contribution in [0, 0.1) is 6.92 Å². The Morgan fingerprint density at radius 2 is 1.94 bits per heavy atom. The quantitative estimate of drug-likeness (QED) is 0.883. The topological polar surface area (TPSA) is 53.7 Å². The van der Waals surface area contributed by atoms with E-state index >= 15 is 0 Å². The zero-order valence-corrected chi connectivity index (χ0v) is 11.4. The summed E-state index contributed by atoms with van der Waals surface area (Å²) in [5.41, 5.74) is 8.13. The average Bonchev–Trinajstić information content (AvgIpc) is 2.27. The Morgan fingerprint density at radius 1 is 1.28 bits per heavy atom. The van der Waals surface area contributed by atoms with Crippen LogP contribution in [0.5, 0.6) is 11.5 Å². The van der Waals surface area contributed by atoms with Crippen molar-refractivity contribution in [3.63, 3.8) is 0 Å². The van der Waals surface area contributed by atoms with E-state index < -0.39 is 0 Å². The highest BCUT2D eigenvalue weighted by Gasteiger charge is 2.46. The van der Waals surface area contributed by atoms with Crippen molar-refractivity contribution in [3.05, 3.63) is 23.3 Å². The van der Waals surface area contributed by atoms with Gasteiger partial charge in [-0.3, -0.25) is 0 Å². The van der Waals surface area contributed by atoms with Crippen LogP contribution in [0.25, 0.3) is 0 Å². The smallest absolute Gasteiger partial charge is 0.129 e. The molecule has 0 saturated carbocycles. The van der Waals surface area contributed by atoms with Gasteiger partial charge in [0, 0.05) is 17.2 Å². The number of hydrogen-bond donors (Lipinski definition) is 1. The van der Waals surface area contributed by atoms with Crippen LogP contribution in [0.15, 0.2) is 12.1 Å². The predicted octanol–water partition coefficient (Wildman–Crippen LogP) is 1.63. The monoisotopic (exact) mass is 251 g/mol. The molecule has 1 atom stereocenters. The third-order valence-corrected chi connectivity index (χ3v) is 3.91. The summed E-state index contributed by atoms with van der Waals surface area (Å²) in [6, 6.07) is 4.03. The van der Waals surface area contributed by atoms with Gasteiger partial charge in [0.2, 0.25) is 0 Å². The number of nitrogens with two attached hydrogens (primary N) is 1. The van der Waals surface area contributed by atoms with Crippen molar-refractivity contribution >= 4 is 0 Å². The van der Waals surface area contributed by atoms with Gasteiger partial charge >= 0.3 is 0 Å². The second-order valence-electron chi connectivity index (χ2n) is 4.91. The van der Waals surface area contributed by atoms with Crippen molar-refractivity contribution in [3.8, 4) is 11.5 Å². The minimum atomic E-state index is -0.137. The third-order valence-electron chi connectivity index (χ3n) is 3.91. The van der Waals surface area contributed by atoms with Crippen molar-refractivity contribution in [2.75, 3.05) is 27.4 Å². The zero-order valence-electron chi connectivity index (χ0n) is 11.4. The fraction of sp³-hybridized carbons (Fsp3) is 0.571. The molecule has 2 rings (SSSR count). The molecule has 1 aromatic carbocycles. The first kappa shape index (κ1) is 13.2. The molecule has 1 fully saturated rings. The fourth-order valence-electron chi connectivity index (χ4n) is 2.54. The lowest BCUT2D eigenvalue weighted by molar-refractivity contribution is -0.0711. The van der Waals surface area contributed by atoms with Gasteiger partial charge in [-0.25, -0.2) is 0 Å². The number of benzene rings is 1. The maximum Gasteiger partial charge on any atom is 0.129 e. The summed E-state index contributed by atoms with van der Waals surface area (Å²) in [5.74, 6) is 1.69. The summed E-state index contributed by atoms with van der Waals surface area (Å²) in [6.07, 6.45) is 0. The average molecular weight is 251 g/mol. The Balaban J connectivity index is 2.54. The van der Waals surface area contributed by atoms with E-state index in [0.29, 0.717) is 13.2 Å². The van der Waals surface area contributed by atoms with E-state index in [4.69, 9.17) is 19.9 Å². The molecule has 1 saturated heterocycles. The summed E-state index contributed by atoms with van der Waals surface area (Å²) in [4.78, 5) is 0.